The van der Waals surface area contributed by atoms with E-state index in [0.29, 0.717) is 11.4 Å². The molecule has 0 aliphatic rings. The summed E-state index contributed by atoms with van der Waals surface area (Å²) in [5.74, 6) is 0.750. The molecule has 20 heavy (non-hydrogen) atoms. The minimum atomic E-state index is -0.106. The van der Waals surface area contributed by atoms with Gasteiger partial charge in [-0.2, -0.15) is 0 Å². The number of imidazole rings is 1. The first-order chi connectivity index (χ1) is 9.61. The van der Waals surface area contributed by atoms with E-state index in [1.165, 1.54) is 0 Å². The van der Waals surface area contributed by atoms with E-state index in [0.717, 1.165) is 18.7 Å². The molecule has 0 radical (unpaired) electrons. The molecule has 0 unspecified atom stereocenters. The van der Waals surface area contributed by atoms with Gasteiger partial charge in [-0.15, -0.1) is 0 Å². The van der Waals surface area contributed by atoms with Crippen molar-refractivity contribution in [1.29, 1.82) is 0 Å². The van der Waals surface area contributed by atoms with Gasteiger partial charge in [0, 0.05) is 19.4 Å². The van der Waals surface area contributed by atoms with Crippen LogP contribution in [-0.2, 0) is 18.3 Å². The zero-order valence-corrected chi connectivity index (χ0v) is 12.0. The van der Waals surface area contributed by atoms with Crippen molar-refractivity contribution in [3.05, 3.63) is 29.6 Å². The molecule has 7 heteroatoms. The first kappa shape index (κ1) is 14.2. The largest absolute Gasteiger partial charge is 0.346 e. The topological polar surface area (TPSA) is 85.8 Å². The molecule has 0 bridgehead atoms. The van der Waals surface area contributed by atoms with Gasteiger partial charge in [0.15, 0.2) is 0 Å². The lowest BCUT2D eigenvalue weighted by molar-refractivity contribution is -0.121. The molecule has 1 N–H and O–H groups in total. The number of aryl methyl sites for hydroxylation is 2. The number of nitrogens with one attached hydrogen (secondary N) is 1. The summed E-state index contributed by atoms with van der Waals surface area (Å²) in [6.45, 7) is 3.84. The maximum atomic E-state index is 12.1. The number of hydrogen-bond acceptors (Lipinski definition) is 5. The van der Waals surface area contributed by atoms with Crippen molar-refractivity contribution in [2.75, 3.05) is 0 Å². The van der Waals surface area contributed by atoms with Crippen LogP contribution >= 0.6 is 0 Å². The summed E-state index contributed by atoms with van der Waals surface area (Å²) in [6, 6.07) is -0.0901. The molecule has 2 heterocycles. The lowest BCUT2D eigenvalue weighted by atomic mass is 10.1. The maximum Gasteiger partial charge on any atom is 0.226 e. The van der Waals surface area contributed by atoms with Crippen molar-refractivity contribution in [2.24, 2.45) is 7.05 Å². The summed E-state index contributed by atoms with van der Waals surface area (Å²) in [6.07, 6.45) is 5.57. The molecular formula is C13H19N5O2. The average molecular weight is 277 g/mol. The van der Waals surface area contributed by atoms with E-state index >= 15 is 0 Å². The third kappa shape index (κ3) is 3.23. The van der Waals surface area contributed by atoms with Gasteiger partial charge >= 0.3 is 0 Å². The number of carbonyl (C=O) groups is 1. The molecule has 0 aliphatic carbocycles. The molecule has 2 rings (SSSR count). The monoisotopic (exact) mass is 277 g/mol. The Kier molecular flexibility index (Phi) is 4.49. The normalized spacial score (nSPS) is 12.3. The summed E-state index contributed by atoms with van der Waals surface area (Å²) in [5, 5.41) is 10.4. The summed E-state index contributed by atoms with van der Waals surface area (Å²) < 4.78 is 6.51. The van der Waals surface area contributed by atoms with Crippen molar-refractivity contribution in [1.82, 2.24) is 25.2 Å². The van der Waals surface area contributed by atoms with Gasteiger partial charge < -0.3 is 9.88 Å². The van der Waals surface area contributed by atoms with Crippen LogP contribution in [0.3, 0.4) is 0 Å². The summed E-state index contributed by atoms with van der Waals surface area (Å²) in [4.78, 5) is 16.4. The summed E-state index contributed by atoms with van der Waals surface area (Å²) in [7, 11) is 1.92. The van der Waals surface area contributed by atoms with Crippen LogP contribution in [0, 0.1) is 6.92 Å². The highest BCUT2D eigenvalue weighted by Gasteiger charge is 2.19. The predicted octanol–water partition coefficient (Wildman–Crippen LogP) is 1.31. The van der Waals surface area contributed by atoms with Gasteiger partial charge in [-0.05, 0) is 13.3 Å². The van der Waals surface area contributed by atoms with Gasteiger partial charge in [-0.25, -0.2) is 9.61 Å². The number of amides is 1. The van der Waals surface area contributed by atoms with E-state index < -0.39 is 0 Å². The minimum Gasteiger partial charge on any atom is -0.346 e. The number of nitrogens with zero attached hydrogens (tertiary/aromatic N) is 4. The zero-order valence-electron chi connectivity index (χ0n) is 12.0. The molecule has 0 spiro atoms. The Morgan fingerprint density at radius 3 is 2.85 bits per heavy atom. The Balaban J connectivity index is 2.03. The Morgan fingerprint density at radius 1 is 1.50 bits per heavy atom. The molecule has 2 aromatic heterocycles. The second kappa shape index (κ2) is 6.31. The van der Waals surface area contributed by atoms with E-state index in [-0.39, 0.29) is 18.4 Å². The van der Waals surface area contributed by atoms with Crippen LogP contribution in [0.5, 0.6) is 0 Å². The lowest BCUT2D eigenvalue weighted by Crippen LogP contribution is -2.31. The second-order valence-corrected chi connectivity index (χ2v) is 4.78. The summed E-state index contributed by atoms with van der Waals surface area (Å²) >= 11 is 0. The van der Waals surface area contributed by atoms with Gasteiger partial charge in [0.05, 0.1) is 12.5 Å². The first-order valence-corrected chi connectivity index (χ1v) is 6.66. The molecular weight excluding hydrogens is 258 g/mol. The summed E-state index contributed by atoms with van der Waals surface area (Å²) in [5.41, 5.74) is 1.21. The number of aromatic nitrogens is 4. The number of carbonyl (C=O) groups excluding carboxylic acids is 1. The number of rotatable bonds is 6. The van der Waals surface area contributed by atoms with Gasteiger partial charge in [-0.1, -0.05) is 23.7 Å². The zero-order chi connectivity index (χ0) is 14.5. The molecule has 1 amide bonds. The average Bonchev–Trinajstić information content (AvgIpc) is 2.99. The number of hydrogen-bond donors (Lipinski definition) is 1. The second-order valence-electron chi connectivity index (χ2n) is 4.78. The Hall–Kier alpha value is -2.18. The van der Waals surface area contributed by atoms with Gasteiger partial charge in [-0.3, -0.25) is 4.79 Å². The fourth-order valence-corrected chi connectivity index (χ4v) is 2.07. The highest BCUT2D eigenvalue weighted by atomic mass is 16.6. The van der Waals surface area contributed by atoms with E-state index in [4.69, 9.17) is 0 Å². The standard InChI is InChI=1S/C13H19N5O2/c1-4-5-10(13-14-6-7-18(13)3)15-12(19)8-11-9(2)16-20-17-11/h6-7,10H,4-5,8H2,1-3H3,(H,15,19)/t10-/m1/s1. The van der Waals surface area contributed by atoms with Gasteiger partial charge in [0.25, 0.3) is 0 Å². The van der Waals surface area contributed by atoms with E-state index in [1.54, 1.807) is 13.1 Å². The maximum absolute atomic E-state index is 12.1. The minimum absolute atomic E-state index is 0.0901. The fourth-order valence-electron chi connectivity index (χ4n) is 2.07. The first-order valence-electron chi connectivity index (χ1n) is 6.66. The smallest absolute Gasteiger partial charge is 0.226 e. The third-order valence-corrected chi connectivity index (χ3v) is 3.16. The molecule has 2 aromatic rings. The van der Waals surface area contributed by atoms with Gasteiger partial charge in [0.2, 0.25) is 5.91 Å². The van der Waals surface area contributed by atoms with Crippen molar-refractivity contribution < 1.29 is 9.42 Å². The van der Waals surface area contributed by atoms with Crippen LogP contribution in [0.2, 0.25) is 0 Å². The van der Waals surface area contributed by atoms with Crippen LogP contribution < -0.4 is 5.32 Å². The molecule has 0 aliphatic heterocycles. The third-order valence-electron chi connectivity index (χ3n) is 3.16. The van der Waals surface area contributed by atoms with Crippen LogP contribution in [0.4, 0.5) is 0 Å². The molecule has 0 saturated carbocycles. The lowest BCUT2D eigenvalue weighted by Gasteiger charge is -2.17. The van der Waals surface area contributed by atoms with Gasteiger partial charge in [0.1, 0.15) is 17.2 Å². The predicted molar refractivity (Wildman–Crippen MR) is 71.7 cm³/mol. The van der Waals surface area contributed by atoms with E-state index in [9.17, 15) is 4.79 Å². The Morgan fingerprint density at radius 2 is 2.30 bits per heavy atom. The van der Waals surface area contributed by atoms with Crippen molar-refractivity contribution >= 4 is 5.91 Å². The Bertz CT molecular complexity index is 575. The fraction of sp³-hybridized carbons (Fsp3) is 0.538. The molecule has 1 atom stereocenters. The van der Waals surface area contributed by atoms with Crippen molar-refractivity contribution in [3.8, 4) is 0 Å². The Labute approximate surface area is 117 Å². The molecule has 0 fully saturated rings. The van der Waals surface area contributed by atoms with Crippen LogP contribution in [0.25, 0.3) is 0 Å². The highest BCUT2D eigenvalue weighted by Crippen LogP contribution is 2.16. The van der Waals surface area contributed by atoms with Crippen molar-refractivity contribution in [3.63, 3.8) is 0 Å². The highest BCUT2D eigenvalue weighted by molar-refractivity contribution is 5.78. The van der Waals surface area contributed by atoms with Crippen LogP contribution in [0.15, 0.2) is 17.0 Å². The molecule has 0 saturated heterocycles. The van der Waals surface area contributed by atoms with E-state index in [2.05, 4.69) is 32.2 Å². The van der Waals surface area contributed by atoms with E-state index in [1.807, 2.05) is 17.8 Å². The SMILES string of the molecule is CCC[C@@H](NC(=O)Cc1nonc1C)c1nccn1C. The molecule has 7 nitrogen and oxygen atoms in total. The van der Waals surface area contributed by atoms with Crippen molar-refractivity contribution in [2.45, 2.75) is 39.2 Å². The molecule has 108 valence electrons. The quantitative estimate of drug-likeness (QED) is 0.860. The van der Waals surface area contributed by atoms with Crippen LogP contribution in [0.1, 0.15) is 43.0 Å². The molecule has 0 aromatic carbocycles. The van der Waals surface area contributed by atoms with Crippen LogP contribution in [-0.4, -0.2) is 25.8 Å².